The van der Waals surface area contributed by atoms with Gasteiger partial charge in [0, 0.05) is 104 Å². The van der Waals surface area contributed by atoms with E-state index in [9.17, 15) is 24.0 Å². The lowest BCUT2D eigenvalue weighted by Gasteiger charge is -2.25. The van der Waals surface area contributed by atoms with Crippen molar-refractivity contribution in [3.8, 4) is 11.4 Å². The van der Waals surface area contributed by atoms with E-state index in [1.165, 1.54) is 40.8 Å². The Balaban J connectivity index is 0.801. The molecule has 0 spiro atoms. The summed E-state index contributed by atoms with van der Waals surface area (Å²) in [6.45, 7) is 16.9. The van der Waals surface area contributed by atoms with Gasteiger partial charge in [0.25, 0.3) is 0 Å². The Morgan fingerprint density at radius 2 is 1.27 bits per heavy atom. The molecule has 18 heteroatoms. The largest absolute Gasteiger partial charge is 0.356 e. The predicted octanol–water partition coefficient (Wildman–Crippen LogP) is 11.7. The monoisotopic (exact) mass is 1130 g/mol. The molecule has 0 aliphatic carbocycles. The number of fused-ring (bicyclic) bond motifs is 2. The summed E-state index contributed by atoms with van der Waals surface area (Å²) < 4.78 is 2.44. The van der Waals surface area contributed by atoms with Crippen molar-refractivity contribution in [2.75, 3.05) is 35.2 Å². The Morgan fingerprint density at radius 3 is 1.95 bits per heavy atom. The van der Waals surface area contributed by atoms with Gasteiger partial charge in [0.15, 0.2) is 11.5 Å². The maximum atomic E-state index is 13.8. The number of amides is 5. The van der Waals surface area contributed by atoms with E-state index in [-0.39, 0.29) is 66.2 Å². The van der Waals surface area contributed by atoms with E-state index in [2.05, 4.69) is 168 Å². The third kappa shape index (κ3) is 16.1. The molecular weight excluding hydrogens is 1050 g/mol. The minimum absolute atomic E-state index is 0.123. The Morgan fingerprint density at radius 1 is 0.643 bits per heavy atom. The van der Waals surface area contributed by atoms with Gasteiger partial charge in [0.2, 0.25) is 41.0 Å². The van der Waals surface area contributed by atoms with E-state index in [1.807, 2.05) is 24.3 Å². The standard InChI is InChI=1S/C66H77N13O5/c1-8-78-56-23-13-11-20-53(56)65(4,5)58(78)25-18-26-59-66(6,7)54-21-12-14-24-57(54)79(59)43-17-9-10-27-62(83)71-55(64(84)68-44-47-30-32-48(33-31-47)63-76-72-45(2)73-77-63)22-15-16-42-67-60(81)28-19-29-61(82)70-50-36-40-52(41-37-50)75-74-51-38-34-49(35-39-51)69-46(3)80/h11-14,18,20-21,23-26,30-41,55H,8-10,15-17,19,22,27-29,42-44H2,1-7H3,(H4-,67,68,69,70,71,72,73,74,75,76,77,80,81,82,83,84)/p+1. The second-order valence-electron chi connectivity index (χ2n) is 22.3. The molecule has 436 valence electrons. The predicted molar refractivity (Wildman–Crippen MR) is 330 cm³/mol. The van der Waals surface area contributed by atoms with Crippen molar-refractivity contribution in [1.82, 2.24) is 36.3 Å². The van der Waals surface area contributed by atoms with Crippen LogP contribution in [0.25, 0.3) is 11.4 Å². The molecule has 6 aromatic rings. The molecule has 1 aromatic heterocycles. The van der Waals surface area contributed by atoms with E-state index in [1.54, 1.807) is 55.5 Å². The van der Waals surface area contributed by atoms with Crippen LogP contribution in [0.4, 0.5) is 34.1 Å². The summed E-state index contributed by atoms with van der Waals surface area (Å²) in [4.78, 5) is 66.6. The number of carbonyl (C=O) groups is 5. The molecule has 0 fully saturated rings. The minimum Gasteiger partial charge on any atom is -0.356 e. The van der Waals surface area contributed by atoms with Crippen LogP contribution >= 0.6 is 0 Å². The highest BCUT2D eigenvalue weighted by atomic mass is 16.2. The molecule has 2 aliphatic rings. The number of nitrogens with one attached hydrogen (secondary N) is 5. The van der Waals surface area contributed by atoms with Crippen LogP contribution in [0.2, 0.25) is 0 Å². The number of benzene rings is 5. The van der Waals surface area contributed by atoms with Crippen molar-refractivity contribution >= 4 is 69.4 Å². The molecule has 0 saturated carbocycles. The smallest absolute Gasteiger partial charge is 0.242 e. The summed E-state index contributed by atoms with van der Waals surface area (Å²) in [6.07, 6.45) is 11.7. The molecule has 5 amide bonds. The lowest BCUT2D eigenvalue weighted by Crippen LogP contribution is -2.46. The lowest BCUT2D eigenvalue weighted by molar-refractivity contribution is -0.438. The van der Waals surface area contributed by atoms with E-state index in [0.717, 1.165) is 37.1 Å². The molecule has 5 aromatic carbocycles. The SMILES string of the molecule is CCN1/C(=C/C=C/C2=[N+](CCCCCC(=O)NC(CCCCNC(=O)CCCC(=O)Nc3ccc(N=Nc4ccc(NC(C)=O)cc4)cc3)C(=O)NCc3ccc(-c4nnc(C)nn4)cc3)c3ccccc3C2(C)C)C(C)(C)c2ccccc21. The summed E-state index contributed by atoms with van der Waals surface area (Å²) in [5, 5.41) is 39.2. The summed E-state index contributed by atoms with van der Waals surface area (Å²) in [5.41, 5.74) is 11.4. The van der Waals surface area contributed by atoms with Gasteiger partial charge in [-0.3, -0.25) is 24.0 Å². The van der Waals surface area contributed by atoms with Crippen LogP contribution in [-0.2, 0) is 41.3 Å². The van der Waals surface area contributed by atoms with Gasteiger partial charge >= 0.3 is 0 Å². The highest BCUT2D eigenvalue weighted by molar-refractivity contribution is 6.03. The maximum absolute atomic E-state index is 13.8. The van der Waals surface area contributed by atoms with Crippen molar-refractivity contribution in [1.29, 1.82) is 0 Å². The van der Waals surface area contributed by atoms with Gasteiger partial charge in [-0.25, -0.2) is 0 Å². The van der Waals surface area contributed by atoms with Gasteiger partial charge < -0.3 is 31.5 Å². The number of carbonyl (C=O) groups excluding carboxylic acids is 5. The molecule has 5 N–H and O–H groups in total. The van der Waals surface area contributed by atoms with Crippen LogP contribution in [0.5, 0.6) is 0 Å². The van der Waals surface area contributed by atoms with E-state index >= 15 is 0 Å². The number of aryl methyl sites for hydroxylation is 1. The van der Waals surface area contributed by atoms with Crippen LogP contribution in [0.1, 0.15) is 128 Å². The Hall–Kier alpha value is -9.06. The van der Waals surface area contributed by atoms with E-state index in [4.69, 9.17) is 0 Å². The number of hydrogen-bond donors (Lipinski definition) is 5. The molecule has 0 bridgehead atoms. The van der Waals surface area contributed by atoms with E-state index in [0.29, 0.717) is 73.0 Å². The van der Waals surface area contributed by atoms with Gasteiger partial charge in [-0.2, -0.15) is 14.8 Å². The summed E-state index contributed by atoms with van der Waals surface area (Å²) in [5.74, 6) is -0.140. The average molecular weight is 1130 g/mol. The highest BCUT2D eigenvalue weighted by Crippen LogP contribution is 2.47. The van der Waals surface area contributed by atoms with Crippen molar-refractivity contribution in [3.05, 3.63) is 168 Å². The molecular formula is C66H78N13O5+. The molecule has 8 rings (SSSR count). The van der Waals surface area contributed by atoms with Crippen molar-refractivity contribution in [2.24, 2.45) is 10.2 Å². The first kappa shape index (κ1) is 61.0. The summed E-state index contributed by atoms with van der Waals surface area (Å²) >= 11 is 0. The molecule has 0 saturated heterocycles. The summed E-state index contributed by atoms with van der Waals surface area (Å²) in [7, 11) is 0. The maximum Gasteiger partial charge on any atom is 0.242 e. The fraction of sp³-hybridized carbons (Fsp3) is 0.364. The number of azo groups is 1. The molecule has 0 radical (unpaired) electrons. The Kier molecular flexibility index (Phi) is 20.9. The quantitative estimate of drug-likeness (QED) is 0.0186. The van der Waals surface area contributed by atoms with Crippen molar-refractivity contribution < 1.29 is 28.5 Å². The average Bonchev–Trinajstić information content (AvgIpc) is 1.84. The number of rotatable bonds is 27. The normalized spacial score (nSPS) is 14.8. The molecule has 2 aliphatic heterocycles. The van der Waals surface area contributed by atoms with Gasteiger partial charge in [-0.05, 0) is 138 Å². The van der Waals surface area contributed by atoms with Crippen molar-refractivity contribution in [2.45, 2.75) is 136 Å². The zero-order valence-electron chi connectivity index (χ0n) is 49.4. The van der Waals surface area contributed by atoms with Crippen molar-refractivity contribution in [3.63, 3.8) is 0 Å². The van der Waals surface area contributed by atoms with Crippen LogP contribution in [0, 0.1) is 6.92 Å². The second-order valence-corrected chi connectivity index (χ2v) is 22.3. The fourth-order valence-electron chi connectivity index (χ4n) is 10.8. The first-order chi connectivity index (χ1) is 40.5. The number of likely N-dealkylation sites (N-methyl/N-ethyl adjacent to an activating group) is 1. The lowest BCUT2D eigenvalue weighted by atomic mass is 9.81. The summed E-state index contributed by atoms with van der Waals surface area (Å²) in [6, 6.07) is 37.9. The van der Waals surface area contributed by atoms with Gasteiger partial charge in [-0.1, -0.05) is 80.6 Å². The first-order valence-electron chi connectivity index (χ1n) is 29.2. The number of aromatic nitrogens is 4. The number of para-hydroxylation sites is 2. The molecule has 1 atom stereocenters. The number of hydrogen-bond acceptors (Lipinski definition) is 12. The third-order valence-corrected chi connectivity index (χ3v) is 15.3. The van der Waals surface area contributed by atoms with Crippen LogP contribution < -0.4 is 31.5 Å². The van der Waals surface area contributed by atoms with Crippen LogP contribution in [0.15, 0.2) is 155 Å². The first-order valence-corrected chi connectivity index (χ1v) is 29.2. The molecule has 18 nitrogen and oxygen atoms in total. The van der Waals surface area contributed by atoms with Gasteiger partial charge in [0.1, 0.15) is 12.6 Å². The van der Waals surface area contributed by atoms with Crippen LogP contribution in [-0.4, -0.2) is 85.9 Å². The number of anilines is 3. The molecule has 1 unspecified atom stereocenters. The molecule has 3 heterocycles. The minimum atomic E-state index is -0.776. The van der Waals surface area contributed by atoms with Crippen LogP contribution in [0.3, 0.4) is 0 Å². The van der Waals surface area contributed by atoms with E-state index < -0.39 is 6.04 Å². The Bertz CT molecular complexity index is 3410. The molecule has 84 heavy (non-hydrogen) atoms. The number of unbranched alkanes of at least 4 members (excludes halogenated alkanes) is 3. The number of allylic oxidation sites excluding steroid dienone is 4. The zero-order chi connectivity index (χ0) is 59.6. The van der Waals surface area contributed by atoms with Gasteiger partial charge in [0.05, 0.1) is 16.8 Å². The number of nitrogens with zero attached hydrogens (tertiary/aromatic N) is 8. The second kappa shape index (κ2) is 28.8. The third-order valence-electron chi connectivity index (χ3n) is 15.3. The van der Waals surface area contributed by atoms with Gasteiger partial charge in [-0.15, -0.1) is 20.4 Å². The topological polar surface area (TPSA) is 228 Å². The fourth-order valence-corrected chi connectivity index (χ4v) is 10.8. The highest BCUT2D eigenvalue weighted by Gasteiger charge is 2.44. The Labute approximate surface area is 492 Å². The zero-order valence-corrected chi connectivity index (χ0v) is 49.4.